The number of urea groups is 1. The molecule has 1 aliphatic heterocycles. The van der Waals surface area contributed by atoms with Crippen LogP contribution in [0.2, 0.25) is 0 Å². The third kappa shape index (κ3) is 4.67. The Morgan fingerprint density at radius 1 is 1.16 bits per heavy atom. The highest BCUT2D eigenvalue weighted by atomic mass is 79.9. The molecule has 0 atom stereocenters. The molecule has 164 valence electrons. The summed E-state index contributed by atoms with van der Waals surface area (Å²) in [7, 11) is 1.77. The van der Waals surface area contributed by atoms with Gasteiger partial charge in [0.2, 0.25) is 0 Å². The molecule has 2 aromatic rings. The number of hydrogen-bond acceptors (Lipinski definition) is 5. The molecule has 0 radical (unpaired) electrons. The Balaban J connectivity index is 1.31. The summed E-state index contributed by atoms with van der Waals surface area (Å²) in [4.78, 5) is 39.3. The summed E-state index contributed by atoms with van der Waals surface area (Å²) >= 11 is 3.41. The molecule has 1 aromatic heterocycles. The van der Waals surface area contributed by atoms with Crippen LogP contribution in [-0.2, 0) is 16.1 Å². The van der Waals surface area contributed by atoms with E-state index in [1.54, 1.807) is 11.9 Å². The number of furan rings is 1. The van der Waals surface area contributed by atoms with E-state index in [0.717, 1.165) is 40.1 Å². The van der Waals surface area contributed by atoms with Gasteiger partial charge in [-0.15, -0.1) is 0 Å². The standard InChI is InChI=1S/C22H25BrN4O4/c1-26(13-17-9-10-18(31-17)15-5-7-16(23)8-6-15)14-19(28)25-27-20(29)22(24-21(27)30)11-3-2-4-12-22/h5-10H,2-4,11-14H2,1H3,(H,24,30)(H,25,28). The van der Waals surface area contributed by atoms with Gasteiger partial charge in [0.1, 0.15) is 17.1 Å². The van der Waals surface area contributed by atoms with Crippen molar-refractivity contribution in [1.82, 2.24) is 20.7 Å². The van der Waals surface area contributed by atoms with Crippen LogP contribution in [0.5, 0.6) is 0 Å². The summed E-state index contributed by atoms with van der Waals surface area (Å²) in [6.07, 6.45) is 4.06. The second kappa shape index (κ2) is 8.84. The van der Waals surface area contributed by atoms with Crippen LogP contribution in [0.25, 0.3) is 11.3 Å². The van der Waals surface area contributed by atoms with E-state index in [1.165, 1.54) is 0 Å². The van der Waals surface area contributed by atoms with Crippen LogP contribution in [0.4, 0.5) is 4.79 Å². The van der Waals surface area contributed by atoms with Crippen LogP contribution in [0.3, 0.4) is 0 Å². The molecule has 1 aliphatic carbocycles. The van der Waals surface area contributed by atoms with E-state index >= 15 is 0 Å². The Kier molecular flexibility index (Phi) is 6.15. The number of rotatable bonds is 6. The van der Waals surface area contributed by atoms with Crippen LogP contribution < -0.4 is 10.7 Å². The number of amides is 4. The lowest BCUT2D eigenvalue weighted by Gasteiger charge is -2.30. The average Bonchev–Trinajstić information content (AvgIpc) is 3.28. The molecule has 2 heterocycles. The fraction of sp³-hybridized carbons (Fsp3) is 0.409. The number of halogens is 1. The lowest BCUT2D eigenvalue weighted by molar-refractivity contribution is -0.140. The minimum Gasteiger partial charge on any atom is -0.460 e. The summed E-state index contributed by atoms with van der Waals surface area (Å²) < 4.78 is 6.88. The van der Waals surface area contributed by atoms with Crippen molar-refractivity contribution in [2.75, 3.05) is 13.6 Å². The van der Waals surface area contributed by atoms with Crippen LogP contribution in [-0.4, -0.2) is 46.9 Å². The maximum atomic E-state index is 12.8. The predicted octanol–water partition coefficient (Wildman–Crippen LogP) is 3.43. The maximum absolute atomic E-state index is 12.8. The Bertz CT molecular complexity index is 982. The normalized spacial score (nSPS) is 18.0. The van der Waals surface area contributed by atoms with Gasteiger partial charge in [0.15, 0.2) is 0 Å². The zero-order valence-electron chi connectivity index (χ0n) is 17.3. The molecule has 8 nitrogen and oxygen atoms in total. The Morgan fingerprint density at radius 3 is 2.58 bits per heavy atom. The number of hydrazine groups is 1. The summed E-state index contributed by atoms with van der Waals surface area (Å²) in [5.41, 5.74) is 2.57. The molecule has 31 heavy (non-hydrogen) atoms. The molecule has 1 spiro atoms. The number of nitrogens with one attached hydrogen (secondary N) is 2. The number of imide groups is 1. The van der Waals surface area contributed by atoms with E-state index in [0.29, 0.717) is 25.1 Å². The molecule has 9 heteroatoms. The number of carbonyl (C=O) groups excluding carboxylic acids is 3. The highest BCUT2D eigenvalue weighted by Crippen LogP contribution is 2.33. The fourth-order valence-corrected chi connectivity index (χ4v) is 4.44. The van der Waals surface area contributed by atoms with Crippen molar-refractivity contribution in [3.05, 3.63) is 46.6 Å². The fourth-order valence-electron chi connectivity index (χ4n) is 4.18. The van der Waals surface area contributed by atoms with Gasteiger partial charge >= 0.3 is 6.03 Å². The minimum absolute atomic E-state index is 0.0123. The lowest BCUT2D eigenvalue weighted by atomic mass is 9.82. The van der Waals surface area contributed by atoms with Crippen LogP contribution in [0.15, 0.2) is 45.3 Å². The molecule has 4 rings (SSSR count). The van der Waals surface area contributed by atoms with Crippen molar-refractivity contribution >= 4 is 33.8 Å². The predicted molar refractivity (Wildman–Crippen MR) is 118 cm³/mol. The smallest absolute Gasteiger partial charge is 0.344 e. The third-order valence-corrected chi connectivity index (χ3v) is 6.26. The molecule has 0 bridgehead atoms. The Labute approximate surface area is 189 Å². The zero-order valence-corrected chi connectivity index (χ0v) is 18.9. The van der Waals surface area contributed by atoms with Crippen molar-refractivity contribution in [1.29, 1.82) is 0 Å². The number of nitrogens with zero attached hydrogens (tertiary/aromatic N) is 2. The monoisotopic (exact) mass is 488 g/mol. The van der Waals surface area contributed by atoms with Gasteiger partial charge in [-0.3, -0.25) is 19.9 Å². The van der Waals surface area contributed by atoms with Crippen molar-refractivity contribution in [2.24, 2.45) is 0 Å². The van der Waals surface area contributed by atoms with Gasteiger partial charge in [-0.2, -0.15) is 5.01 Å². The van der Waals surface area contributed by atoms with Gasteiger partial charge in [0.25, 0.3) is 11.8 Å². The van der Waals surface area contributed by atoms with Crippen LogP contribution in [0, 0.1) is 0 Å². The highest BCUT2D eigenvalue weighted by molar-refractivity contribution is 9.10. The van der Waals surface area contributed by atoms with Crippen LogP contribution >= 0.6 is 15.9 Å². The molecule has 4 amide bonds. The summed E-state index contributed by atoms with van der Waals surface area (Å²) in [6.45, 7) is 0.423. The zero-order chi connectivity index (χ0) is 22.0. The SMILES string of the molecule is CN(CC(=O)NN1C(=O)NC2(CCCCC2)C1=O)Cc1ccc(-c2ccc(Br)cc2)o1. The Hall–Kier alpha value is -2.65. The second-order valence-corrected chi connectivity index (χ2v) is 9.11. The van der Waals surface area contributed by atoms with E-state index in [1.807, 2.05) is 36.4 Å². The van der Waals surface area contributed by atoms with Gasteiger partial charge in [-0.25, -0.2) is 4.79 Å². The Morgan fingerprint density at radius 2 is 1.87 bits per heavy atom. The first kappa shape index (κ1) is 21.6. The second-order valence-electron chi connectivity index (χ2n) is 8.19. The number of hydrogen-bond donors (Lipinski definition) is 2. The molecule has 0 unspecified atom stereocenters. The van der Waals surface area contributed by atoms with E-state index in [-0.39, 0.29) is 12.5 Å². The van der Waals surface area contributed by atoms with Gasteiger partial charge in [0, 0.05) is 10.0 Å². The number of carbonyl (C=O) groups is 3. The molecule has 2 fully saturated rings. The van der Waals surface area contributed by atoms with Crippen molar-refractivity contribution < 1.29 is 18.8 Å². The van der Waals surface area contributed by atoms with Gasteiger partial charge in [-0.1, -0.05) is 47.3 Å². The largest absolute Gasteiger partial charge is 0.460 e. The quantitative estimate of drug-likeness (QED) is 0.607. The maximum Gasteiger partial charge on any atom is 0.344 e. The van der Waals surface area contributed by atoms with Crippen LogP contribution in [0.1, 0.15) is 37.9 Å². The molecule has 1 saturated heterocycles. The molecule has 1 aromatic carbocycles. The molecule has 2 aliphatic rings. The highest BCUT2D eigenvalue weighted by Gasteiger charge is 2.52. The first-order chi connectivity index (χ1) is 14.9. The molecular formula is C22H25BrN4O4. The lowest BCUT2D eigenvalue weighted by Crippen LogP contribution is -2.52. The summed E-state index contributed by atoms with van der Waals surface area (Å²) in [5.74, 6) is 0.666. The van der Waals surface area contributed by atoms with Crippen molar-refractivity contribution in [2.45, 2.75) is 44.2 Å². The van der Waals surface area contributed by atoms with Gasteiger partial charge in [-0.05, 0) is 44.2 Å². The minimum atomic E-state index is -0.855. The van der Waals surface area contributed by atoms with E-state index in [9.17, 15) is 14.4 Å². The molecule has 2 N–H and O–H groups in total. The summed E-state index contributed by atoms with van der Waals surface area (Å²) in [6, 6.07) is 11.0. The van der Waals surface area contributed by atoms with Gasteiger partial charge < -0.3 is 9.73 Å². The van der Waals surface area contributed by atoms with Crippen molar-refractivity contribution in [3.8, 4) is 11.3 Å². The topological polar surface area (TPSA) is 94.9 Å². The van der Waals surface area contributed by atoms with Gasteiger partial charge in [0.05, 0.1) is 13.1 Å². The first-order valence-electron chi connectivity index (χ1n) is 10.4. The summed E-state index contributed by atoms with van der Waals surface area (Å²) in [5, 5.41) is 3.61. The first-order valence-corrected chi connectivity index (χ1v) is 11.1. The molecular weight excluding hydrogens is 464 g/mol. The average molecular weight is 489 g/mol. The van der Waals surface area contributed by atoms with E-state index in [2.05, 4.69) is 26.7 Å². The van der Waals surface area contributed by atoms with Crippen molar-refractivity contribution in [3.63, 3.8) is 0 Å². The van der Waals surface area contributed by atoms with E-state index in [4.69, 9.17) is 4.42 Å². The van der Waals surface area contributed by atoms with E-state index < -0.39 is 17.5 Å². The third-order valence-electron chi connectivity index (χ3n) is 5.74. The number of benzene rings is 1. The number of likely N-dealkylation sites (N-methyl/N-ethyl adjacent to an activating group) is 1. The molecule has 1 saturated carbocycles.